The Morgan fingerprint density at radius 1 is 1.05 bits per heavy atom. The Labute approximate surface area is 114 Å². The van der Waals surface area contributed by atoms with Gasteiger partial charge in [-0.2, -0.15) is 0 Å². The van der Waals surface area contributed by atoms with Crippen LogP contribution in [0.15, 0.2) is 18.2 Å². The zero-order valence-electron chi connectivity index (χ0n) is 11.9. The van der Waals surface area contributed by atoms with Crippen LogP contribution in [0.4, 0.5) is 0 Å². The third-order valence-corrected chi connectivity index (χ3v) is 2.88. The molecule has 19 heavy (non-hydrogen) atoms. The summed E-state index contributed by atoms with van der Waals surface area (Å²) in [6.07, 6.45) is 0. The molecule has 0 atom stereocenters. The van der Waals surface area contributed by atoms with E-state index in [1.807, 2.05) is 18.2 Å². The molecular formula is C14H23NO4. The quantitative estimate of drug-likeness (QED) is 0.728. The number of aliphatic hydroxyl groups excluding tert-OH is 1. The largest absolute Gasteiger partial charge is 0.493 e. The smallest absolute Gasteiger partial charge is 0.161 e. The summed E-state index contributed by atoms with van der Waals surface area (Å²) in [4.78, 5) is 2.13. The number of hydrogen-bond donors (Lipinski definition) is 1. The lowest BCUT2D eigenvalue weighted by molar-refractivity contribution is 0.127. The second-order valence-corrected chi connectivity index (χ2v) is 4.18. The van der Waals surface area contributed by atoms with E-state index in [1.54, 1.807) is 21.3 Å². The van der Waals surface area contributed by atoms with Gasteiger partial charge in [0.15, 0.2) is 11.5 Å². The number of ether oxygens (including phenoxy) is 3. The van der Waals surface area contributed by atoms with Crippen LogP contribution in [0.25, 0.3) is 0 Å². The maximum atomic E-state index is 9.07. The highest BCUT2D eigenvalue weighted by molar-refractivity contribution is 5.42. The lowest BCUT2D eigenvalue weighted by Gasteiger charge is -2.21. The highest BCUT2D eigenvalue weighted by atomic mass is 16.5. The Kier molecular flexibility index (Phi) is 7.25. The van der Waals surface area contributed by atoms with Crippen LogP contribution in [0.3, 0.4) is 0 Å². The summed E-state index contributed by atoms with van der Waals surface area (Å²) >= 11 is 0. The molecule has 5 heteroatoms. The lowest BCUT2D eigenvalue weighted by Crippen LogP contribution is -2.29. The van der Waals surface area contributed by atoms with Gasteiger partial charge in [-0.05, 0) is 17.7 Å². The number of hydrogen-bond acceptors (Lipinski definition) is 5. The number of rotatable bonds is 9. The summed E-state index contributed by atoms with van der Waals surface area (Å²) in [5.41, 5.74) is 1.11. The average Bonchev–Trinajstić information content (AvgIpc) is 2.44. The SMILES string of the molecule is COCCN(CCO)Cc1ccc(OC)c(OC)c1. The number of methoxy groups -OCH3 is 3. The van der Waals surface area contributed by atoms with Crippen LogP contribution in [0.2, 0.25) is 0 Å². The summed E-state index contributed by atoms with van der Waals surface area (Å²) in [6, 6.07) is 5.84. The van der Waals surface area contributed by atoms with Crippen molar-refractivity contribution in [3.63, 3.8) is 0 Å². The van der Waals surface area contributed by atoms with E-state index in [4.69, 9.17) is 19.3 Å². The fraction of sp³-hybridized carbons (Fsp3) is 0.571. The normalized spacial score (nSPS) is 10.8. The molecule has 108 valence electrons. The molecule has 0 aliphatic carbocycles. The zero-order chi connectivity index (χ0) is 14.1. The summed E-state index contributed by atoms with van der Waals surface area (Å²) in [7, 11) is 4.92. The highest BCUT2D eigenvalue weighted by Gasteiger charge is 2.09. The Bertz CT molecular complexity index is 370. The molecule has 0 saturated heterocycles. The van der Waals surface area contributed by atoms with Gasteiger partial charge in [0, 0.05) is 26.7 Å². The summed E-state index contributed by atoms with van der Waals surface area (Å²) in [6.45, 7) is 2.93. The van der Waals surface area contributed by atoms with Crippen molar-refractivity contribution in [3.8, 4) is 11.5 Å². The molecule has 0 unspecified atom stereocenters. The molecule has 0 spiro atoms. The molecule has 0 amide bonds. The molecule has 1 aromatic carbocycles. The van der Waals surface area contributed by atoms with E-state index in [0.717, 1.165) is 30.2 Å². The molecule has 0 aliphatic rings. The first-order valence-corrected chi connectivity index (χ1v) is 6.28. The number of benzene rings is 1. The molecule has 1 rings (SSSR count). The Hall–Kier alpha value is -1.30. The van der Waals surface area contributed by atoms with Gasteiger partial charge in [0.25, 0.3) is 0 Å². The van der Waals surface area contributed by atoms with Gasteiger partial charge in [-0.15, -0.1) is 0 Å². The van der Waals surface area contributed by atoms with E-state index in [0.29, 0.717) is 13.2 Å². The van der Waals surface area contributed by atoms with Crippen LogP contribution in [0.5, 0.6) is 11.5 Å². The molecule has 0 heterocycles. The summed E-state index contributed by atoms with van der Waals surface area (Å²) < 4.78 is 15.6. The third-order valence-electron chi connectivity index (χ3n) is 2.88. The van der Waals surface area contributed by atoms with E-state index >= 15 is 0 Å². The summed E-state index contributed by atoms with van der Waals surface area (Å²) in [5, 5.41) is 9.07. The predicted molar refractivity (Wildman–Crippen MR) is 73.8 cm³/mol. The number of nitrogens with zero attached hydrogens (tertiary/aromatic N) is 1. The second-order valence-electron chi connectivity index (χ2n) is 4.18. The Morgan fingerprint density at radius 3 is 2.37 bits per heavy atom. The molecule has 0 aromatic heterocycles. The van der Waals surface area contributed by atoms with E-state index in [-0.39, 0.29) is 6.61 Å². The van der Waals surface area contributed by atoms with Gasteiger partial charge in [-0.25, -0.2) is 0 Å². The molecule has 1 aromatic rings. The van der Waals surface area contributed by atoms with Crippen LogP contribution in [0, 0.1) is 0 Å². The standard InChI is InChI=1S/C14H23NO4/c1-17-9-7-15(6-8-16)11-12-4-5-13(18-2)14(10-12)19-3/h4-5,10,16H,6-9,11H2,1-3H3. The maximum absolute atomic E-state index is 9.07. The van der Waals surface area contributed by atoms with Crippen LogP contribution in [-0.2, 0) is 11.3 Å². The van der Waals surface area contributed by atoms with Gasteiger partial charge in [-0.1, -0.05) is 6.07 Å². The van der Waals surface area contributed by atoms with Crippen molar-refractivity contribution >= 4 is 0 Å². The minimum Gasteiger partial charge on any atom is -0.493 e. The molecule has 1 N–H and O–H groups in total. The predicted octanol–water partition coefficient (Wildman–Crippen LogP) is 1.14. The molecule has 0 saturated carbocycles. The minimum absolute atomic E-state index is 0.136. The first-order chi connectivity index (χ1) is 9.24. The molecule has 0 aliphatic heterocycles. The molecule has 0 bridgehead atoms. The van der Waals surface area contributed by atoms with Crippen LogP contribution < -0.4 is 9.47 Å². The van der Waals surface area contributed by atoms with Crippen molar-refractivity contribution in [3.05, 3.63) is 23.8 Å². The van der Waals surface area contributed by atoms with Gasteiger partial charge < -0.3 is 19.3 Å². The van der Waals surface area contributed by atoms with E-state index in [2.05, 4.69) is 4.90 Å². The Morgan fingerprint density at radius 2 is 1.79 bits per heavy atom. The first-order valence-electron chi connectivity index (χ1n) is 6.28. The van der Waals surface area contributed by atoms with Gasteiger partial charge in [0.2, 0.25) is 0 Å². The van der Waals surface area contributed by atoms with Crippen LogP contribution >= 0.6 is 0 Å². The van der Waals surface area contributed by atoms with Crippen molar-refractivity contribution in [2.45, 2.75) is 6.54 Å². The van der Waals surface area contributed by atoms with Crippen LogP contribution in [-0.4, -0.2) is 57.6 Å². The van der Waals surface area contributed by atoms with Crippen molar-refractivity contribution in [2.75, 3.05) is 47.6 Å². The Balaban J connectivity index is 2.72. The maximum Gasteiger partial charge on any atom is 0.161 e. The lowest BCUT2D eigenvalue weighted by atomic mass is 10.2. The van der Waals surface area contributed by atoms with Crippen molar-refractivity contribution < 1.29 is 19.3 Å². The molecule has 0 fully saturated rings. The number of aliphatic hydroxyl groups is 1. The third kappa shape index (κ3) is 5.06. The highest BCUT2D eigenvalue weighted by Crippen LogP contribution is 2.27. The van der Waals surface area contributed by atoms with Crippen molar-refractivity contribution in [1.29, 1.82) is 0 Å². The monoisotopic (exact) mass is 269 g/mol. The van der Waals surface area contributed by atoms with Gasteiger partial charge >= 0.3 is 0 Å². The molecular weight excluding hydrogens is 246 g/mol. The van der Waals surface area contributed by atoms with Gasteiger partial charge in [-0.3, -0.25) is 4.90 Å². The van der Waals surface area contributed by atoms with E-state index in [9.17, 15) is 0 Å². The van der Waals surface area contributed by atoms with Crippen LogP contribution in [0.1, 0.15) is 5.56 Å². The van der Waals surface area contributed by atoms with E-state index in [1.165, 1.54) is 0 Å². The fourth-order valence-corrected chi connectivity index (χ4v) is 1.87. The topological polar surface area (TPSA) is 51.2 Å². The average molecular weight is 269 g/mol. The van der Waals surface area contributed by atoms with Crippen molar-refractivity contribution in [2.24, 2.45) is 0 Å². The molecule has 0 radical (unpaired) electrons. The first kappa shape index (κ1) is 15.8. The zero-order valence-corrected chi connectivity index (χ0v) is 11.9. The van der Waals surface area contributed by atoms with E-state index < -0.39 is 0 Å². The summed E-state index contributed by atoms with van der Waals surface area (Å²) in [5.74, 6) is 1.44. The van der Waals surface area contributed by atoms with Gasteiger partial charge in [0.1, 0.15) is 0 Å². The molecule has 5 nitrogen and oxygen atoms in total. The second kappa shape index (κ2) is 8.74. The van der Waals surface area contributed by atoms with Gasteiger partial charge in [0.05, 0.1) is 27.4 Å². The fourth-order valence-electron chi connectivity index (χ4n) is 1.87. The van der Waals surface area contributed by atoms with Crippen molar-refractivity contribution in [1.82, 2.24) is 4.90 Å². The minimum atomic E-state index is 0.136.